The maximum atomic E-state index is 11.4. The third-order valence-electron chi connectivity index (χ3n) is 7.87. The largest absolute Gasteiger partial charge is 0.489 e. The molecule has 0 unspecified atom stereocenters. The zero-order valence-electron chi connectivity index (χ0n) is 18.1. The van der Waals surface area contributed by atoms with Gasteiger partial charge in [-0.25, -0.2) is 0 Å². The van der Waals surface area contributed by atoms with Crippen LogP contribution < -0.4 is 10.1 Å². The number of hydrogen-bond acceptors (Lipinski definition) is 4. The van der Waals surface area contributed by atoms with E-state index in [2.05, 4.69) is 17.4 Å². The first kappa shape index (κ1) is 20.5. The highest BCUT2D eigenvalue weighted by molar-refractivity contribution is 6.31. The molecule has 0 spiro atoms. The van der Waals surface area contributed by atoms with Gasteiger partial charge in [-0.1, -0.05) is 41.9 Å². The summed E-state index contributed by atoms with van der Waals surface area (Å²) < 4.78 is 5.97. The van der Waals surface area contributed by atoms with Crippen LogP contribution in [0.3, 0.4) is 0 Å². The monoisotopic (exact) mass is 460 g/mol. The molecule has 6 rings (SSSR count). The van der Waals surface area contributed by atoms with Crippen LogP contribution in [0, 0.1) is 27.9 Å². The maximum absolute atomic E-state index is 11.4. The predicted octanol–water partition coefficient (Wildman–Crippen LogP) is 7.12. The fourth-order valence-corrected chi connectivity index (χ4v) is 6.66. The van der Waals surface area contributed by atoms with Gasteiger partial charge in [0.05, 0.1) is 11.0 Å². The van der Waals surface area contributed by atoms with E-state index in [4.69, 9.17) is 16.3 Å². The van der Waals surface area contributed by atoms with E-state index < -0.39 is 0 Å². The van der Waals surface area contributed by atoms with Crippen LogP contribution in [0.4, 0.5) is 11.4 Å². The highest BCUT2D eigenvalue weighted by atomic mass is 35.5. The van der Waals surface area contributed by atoms with E-state index in [0.29, 0.717) is 35.3 Å². The number of nitrogens with zero attached hydrogens (tertiary/aromatic N) is 1. The number of nitrogens with one attached hydrogen (secondary N) is 1. The Bertz CT molecular complexity index is 1210. The summed E-state index contributed by atoms with van der Waals surface area (Å²) in [7, 11) is 0. The van der Waals surface area contributed by atoms with E-state index in [-0.39, 0.29) is 16.7 Å². The minimum Gasteiger partial charge on any atom is -0.489 e. The van der Waals surface area contributed by atoms with Crippen molar-refractivity contribution in [2.75, 3.05) is 5.32 Å². The Hall–Kier alpha value is -3.05. The molecule has 33 heavy (non-hydrogen) atoms. The second-order valence-electron chi connectivity index (χ2n) is 9.54. The lowest BCUT2D eigenvalue weighted by molar-refractivity contribution is -0.384. The molecule has 0 amide bonds. The van der Waals surface area contributed by atoms with Crippen LogP contribution >= 0.6 is 11.6 Å². The number of fused-ring (bicyclic) bond motifs is 7. The third kappa shape index (κ3) is 3.55. The van der Waals surface area contributed by atoms with Gasteiger partial charge in [-0.15, -0.1) is 0 Å². The number of nitro groups is 1. The molecule has 6 heteroatoms. The van der Waals surface area contributed by atoms with Crippen LogP contribution in [0.15, 0.2) is 66.7 Å². The minimum absolute atomic E-state index is 0.190. The minimum atomic E-state index is -0.282. The average Bonchev–Trinajstić information content (AvgIpc) is 3.46. The van der Waals surface area contributed by atoms with E-state index >= 15 is 0 Å². The normalized spacial score (nSPS) is 26.9. The highest BCUT2D eigenvalue weighted by Crippen LogP contribution is 2.63. The van der Waals surface area contributed by atoms with E-state index in [1.54, 1.807) is 6.07 Å². The summed E-state index contributed by atoms with van der Waals surface area (Å²) >= 11 is 6.24. The number of halogens is 1. The van der Waals surface area contributed by atoms with Gasteiger partial charge >= 0.3 is 0 Å². The lowest BCUT2D eigenvalue weighted by atomic mass is 9.68. The van der Waals surface area contributed by atoms with Gasteiger partial charge in [0.2, 0.25) is 0 Å². The van der Waals surface area contributed by atoms with Crippen molar-refractivity contribution in [1.29, 1.82) is 0 Å². The van der Waals surface area contributed by atoms with Crippen LogP contribution in [0.25, 0.3) is 0 Å². The van der Waals surface area contributed by atoms with Crippen molar-refractivity contribution in [2.45, 2.75) is 37.8 Å². The molecule has 5 nitrogen and oxygen atoms in total. The van der Waals surface area contributed by atoms with E-state index in [1.807, 2.05) is 48.5 Å². The molecule has 0 radical (unpaired) electrons. The fraction of sp³-hybridized carbons (Fsp3) is 0.333. The molecule has 3 aliphatic rings. The van der Waals surface area contributed by atoms with Gasteiger partial charge in [0.25, 0.3) is 5.69 Å². The molecule has 3 aromatic rings. The Morgan fingerprint density at radius 1 is 1.03 bits per heavy atom. The van der Waals surface area contributed by atoms with Gasteiger partial charge in [-0.2, -0.15) is 0 Å². The van der Waals surface area contributed by atoms with Gasteiger partial charge in [0.15, 0.2) is 0 Å². The average molecular weight is 461 g/mol. The molecule has 3 aromatic carbocycles. The molecule has 168 valence electrons. The maximum Gasteiger partial charge on any atom is 0.269 e. The van der Waals surface area contributed by atoms with Gasteiger partial charge in [0.1, 0.15) is 12.4 Å². The first-order chi connectivity index (χ1) is 16.1. The fourth-order valence-electron chi connectivity index (χ4n) is 6.46. The molecule has 5 atom stereocenters. The summed E-state index contributed by atoms with van der Waals surface area (Å²) in [5, 5.41) is 15.8. The zero-order valence-corrected chi connectivity index (χ0v) is 18.9. The quantitative estimate of drug-likeness (QED) is 0.325. The third-order valence-corrected chi connectivity index (χ3v) is 8.24. The zero-order chi connectivity index (χ0) is 22.5. The Labute approximate surface area is 197 Å². The first-order valence-corrected chi connectivity index (χ1v) is 12.0. The Kier molecular flexibility index (Phi) is 5.02. The number of anilines is 1. The van der Waals surface area contributed by atoms with E-state index in [0.717, 1.165) is 22.6 Å². The van der Waals surface area contributed by atoms with Crippen molar-refractivity contribution in [3.63, 3.8) is 0 Å². The number of benzene rings is 3. The predicted molar refractivity (Wildman–Crippen MR) is 129 cm³/mol. The molecule has 1 heterocycles. The Morgan fingerprint density at radius 2 is 1.82 bits per heavy atom. The molecular formula is C27H25ClN2O3. The van der Waals surface area contributed by atoms with Crippen LogP contribution in [0.2, 0.25) is 5.02 Å². The molecular weight excluding hydrogens is 436 g/mol. The number of ether oxygens (including phenoxy) is 1. The van der Waals surface area contributed by atoms with Crippen LogP contribution in [-0.2, 0) is 6.61 Å². The molecule has 0 saturated heterocycles. The molecule has 2 aliphatic carbocycles. The summed E-state index contributed by atoms with van der Waals surface area (Å²) in [5.74, 6) is 2.97. The van der Waals surface area contributed by atoms with Gasteiger partial charge in [-0.05, 0) is 78.3 Å². The van der Waals surface area contributed by atoms with E-state index in [1.165, 1.54) is 24.8 Å². The van der Waals surface area contributed by atoms with Gasteiger partial charge < -0.3 is 10.1 Å². The summed E-state index contributed by atoms with van der Waals surface area (Å²) in [6, 6.07) is 21.6. The number of rotatable bonds is 5. The Morgan fingerprint density at radius 3 is 2.61 bits per heavy atom. The summed E-state index contributed by atoms with van der Waals surface area (Å²) in [6.45, 7) is 0.432. The van der Waals surface area contributed by atoms with Crippen molar-refractivity contribution < 1.29 is 9.66 Å². The Balaban J connectivity index is 1.27. The van der Waals surface area contributed by atoms with Crippen LogP contribution in [0.5, 0.6) is 5.75 Å². The summed E-state index contributed by atoms with van der Waals surface area (Å²) in [6.07, 6.45) is 3.72. The smallest absolute Gasteiger partial charge is 0.269 e. The van der Waals surface area contributed by atoms with Gasteiger partial charge in [-0.3, -0.25) is 10.1 Å². The number of nitro benzene ring substituents is 1. The summed E-state index contributed by atoms with van der Waals surface area (Å²) in [5.41, 5.74) is 4.57. The van der Waals surface area contributed by atoms with Crippen molar-refractivity contribution in [3.05, 3.63) is 98.6 Å². The molecule has 1 aliphatic heterocycles. The van der Waals surface area contributed by atoms with Crippen molar-refractivity contribution in [2.24, 2.45) is 17.8 Å². The van der Waals surface area contributed by atoms with Gasteiger partial charge in [0, 0.05) is 28.4 Å². The second kappa shape index (κ2) is 8.07. The SMILES string of the molecule is O=[N+]([O-])c1ccc2c(c1)[C@H]1[C@H]3CC[C@H](C3)[C@@H]1[C@@H](c1ccc(OCc3ccccc3Cl)cc1)N2. The highest BCUT2D eigenvalue weighted by Gasteiger charge is 2.54. The second-order valence-corrected chi connectivity index (χ2v) is 9.94. The first-order valence-electron chi connectivity index (χ1n) is 11.6. The standard InChI is InChI=1S/C27H25ClN2O3/c28-23-4-2-1-3-19(23)15-33-21-10-7-16(8-11-21)27-26-18-6-5-17(13-18)25(26)22-14-20(30(31)32)9-12-24(22)29-27/h1-4,7-12,14,17-18,25-27,29H,5-6,13,15H2/t17-,18+,25+,26-,27+/m0/s1. The molecule has 2 saturated carbocycles. The molecule has 0 aromatic heterocycles. The van der Waals surface area contributed by atoms with Crippen LogP contribution in [0.1, 0.15) is 47.9 Å². The topological polar surface area (TPSA) is 64.4 Å². The molecule has 2 fully saturated rings. The van der Waals surface area contributed by atoms with Crippen molar-refractivity contribution in [1.82, 2.24) is 0 Å². The van der Waals surface area contributed by atoms with Crippen molar-refractivity contribution in [3.8, 4) is 5.75 Å². The number of hydrogen-bond donors (Lipinski definition) is 1. The molecule has 1 N–H and O–H groups in total. The summed E-state index contributed by atoms with van der Waals surface area (Å²) in [4.78, 5) is 11.1. The molecule has 2 bridgehead atoms. The number of non-ortho nitro benzene ring substituents is 1. The van der Waals surface area contributed by atoms with E-state index in [9.17, 15) is 10.1 Å². The van der Waals surface area contributed by atoms with Crippen LogP contribution in [-0.4, -0.2) is 4.92 Å². The lowest BCUT2D eigenvalue weighted by Gasteiger charge is -2.43. The lowest BCUT2D eigenvalue weighted by Crippen LogP contribution is -2.35. The van der Waals surface area contributed by atoms with Crippen molar-refractivity contribution >= 4 is 23.0 Å².